The van der Waals surface area contributed by atoms with E-state index in [0.717, 1.165) is 11.3 Å². The molecule has 0 amide bonds. The van der Waals surface area contributed by atoms with Crippen LogP contribution in [0.1, 0.15) is 10.7 Å². The lowest BCUT2D eigenvalue weighted by Crippen LogP contribution is -2.25. The van der Waals surface area contributed by atoms with Crippen LogP contribution in [0.2, 0.25) is 0 Å². The van der Waals surface area contributed by atoms with Gasteiger partial charge in [0.1, 0.15) is 27.3 Å². The highest BCUT2D eigenvalue weighted by atomic mass is 32.2. The molecule has 0 aliphatic rings. The van der Waals surface area contributed by atoms with Gasteiger partial charge in [-0.3, -0.25) is 5.10 Å². The number of hydrogen-bond donors (Lipinski definition) is 2. The van der Waals surface area contributed by atoms with E-state index in [0.29, 0.717) is 17.1 Å². The fourth-order valence-corrected chi connectivity index (χ4v) is 3.43. The fraction of sp³-hybridized carbons (Fsp3) is 0.222. The van der Waals surface area contributed by atoms with Crippen molar-refractivity contribution in [3.05, 3.63) is 29.2 Å². The molecule has 9 heteroatoms. The molecule has 0 saturated carbocycles. The van der Waals surface area contributed by atoms with Gasteiger partial charge in [-0.15, -0.1) is 11.3 Å². The molecule has 2 aromatic rings. The Hall–Kier alpha value is -1.76. The van der Waals surface area contributed by atoms with Crippen molar-refractivity contribution in [1.29, 1.82) is 5.26 Å². The normalized spacial score (nSPS) is 11.3. The molecule has 7 nitrogen and oxygen atoms in total. The molecule has 0 aliphatic heterocycles. The summed E-state index contributed by atoms with van der Waals surface area (Å²) in [6.45, 7) is 0.220. The zero-order chi connectivity index (χ0) is 13.0. The Balaban J connectivity index is 1.97. The summed E-state index contributed by atoms with van der Waals surface area (Å²) in [6.07, 6.45) is 1.79. The highest BCUT2D eigenvalue weighted by molar-refractivity contribution is 7.91. The van der Waals surface area contributed by atoms with Crippen molar-refractivity contribution >= 4 is 21.4 Å². The van der Waals surface area contributed by atoms with Crippen LogP contribution in [-0.2, 0) is 16.4 Å². The van der Waals surface area contributed by atoms with Crippen LogP contribution in [0.4, 0.5) is 0 Å². The van der Waals surface area contributed by atoms with E-state index in [-0.39, 0.29) is 10.8 Å². The van der Waals surface area contributed by atoms with Gasteiger partial charge in [-0.1, -0.05) is 0 Å². The molecule has 2 N–H and O–H groups in total. The highest BCUT2D eigenvalue weighted by Crippen LogP contribution is 2.20. The molecule has 2 aromatic heterocycles. The number of aromatic nitrogens is 3. The van der Waals surface area contributed by atoms with E-state index in [9.17, 15) is 8.42 Å². The van der Waals surface area contributed by atoms with Crippen LogP contribution in [-0.4, -0.2) is 30.1 Å². The van der Waals surface area contributed by atoms with Crippen molar-refractivity contribution in [2.24, 2.45) is 0 Å². The minimum absolute atomic E-state index is 0.136. The predicted octanol–water partition coefficient (Wildman–Crippen LogP) is 0.259. The molecule has 0 unspecified atom stereocenters. The quantitative estimate of drug-likeness (QED) is 0.817. The summed E-state index contributed by atoms with van der Waals surface area (Å²) >= 11 is 0.940. The first-order chi connectivity index (χ1) is 8.62. The van der Waals surface area contributed by atoms with E-state index in [2.05, 4.69) is 19.9 Å². The first kappa shape index (κ1) is 12.7. The Labute approximate surface area is 108 Å². The SMILES string of the molecule is N#Cc1ccc(S(=O)(=O)NCCc2ncn[nH]2)s1. The highest BCUT2D eigenvalue weighted by Gasteiger charge is 2.16. The molecular weight excluding hydrogens is 274 g/mol. The van der Waals surface area contributed by atoms with Gasteiger partial charge in [-0.25, -0.2) is 18.1 Å². The second-order valence-electron chi connectivity index (χ2n) is 3.31. The third kappa shape index (κ3) is 2.92. The Morgan fingerprint density at radius 1 is 1.50 bits per heavy atom. The molecule has 2 heterocycles. The molecule has 0 bridgehead atoms. The predicted molar refractivity (Wildman–Crippen MR) is 64.3 cm³/mol. The van der Waals surface area contributed by atoms with E-state index >= 15 is 0 Å². The van der Waals surface area contributed by atoms with Crippen LogP contribution >= 0.6 is 11.3 Å². The number of nitriles is 1. The molecule has 0 atom stereocenters. The van der Waals surface area contributed by atoms with Crippen LogP contribution in [0.3, 0.4) is 0 Å². The Bertz CT molecular complexity index is 653. The number of aromatic amines is 1. The molecule has 0 aromatic carbocycles. The van der Waals surface area contributed by atoms with Gasteiger partial charge < -0.3 is 0 Å². The standard InChI is InChI=1S/C9H9N5O2S2/c10-5-7-1-2-9(17-7)18(15,16)13-4-3-8-11-6-12-14-8/h1-2,6,13H,3-4H2,(H,11,12,14). The van der Waals surface area contributed by atoms with Crippen molar-refractivity contribution in [3.8, 4) is 6.07 Å². The van der Waals surface area contributed by atoms with Gasteiger partial charge in [0.25, 0.3) is 0 Å². The summed E-state index contributed by atoms with van der Waals surface area (Å²) in [6, 6.07) is 4.80. The molecule has 0 saturated heterocycles. The molecule has 0 spiro atoms. The second kappa shape index (κ2) is 5.26. The van der Waals surface area contributed by atoms with Gasteiger partial charge in [0.15, 0.2) is 0 Å². The Morgan fingerprint density at radius 2 is 2.33 bits per heavy atom. The molecule has 94 valence electrons. The van der Waals surface area contributed by atoms with Gasteiger partial charge in [-0.05, 0) is 12.1 Å². The van der Waals surface area contributed by atoms with Crippen LogP contribution in [0.25, 0.3) is 0 Å². The summed E-state index contributed by atoms with van der Waals surface area (Å²) in [5.74, 6) is 0.613. The number of nitrogens with one attached hydrogen (secondary N) is 2. The number of hydrogen-bond acceptors (Lipinski definition) is 6. The summed E-state index contributed by atoms with van der Waals surface area (Å²) in [5, 5.41) is 14.9. The lowest BCUT2D eigenvalue weighted by Gasteiger charge is -2.02. The van der Waals surface area contributed by atoms with Crippen molar-refractivity contribution in [3.63, 3.8) is 0 Å². The average Bonchev–Trinajstić information content (AvgIpc) is 2.99. The maximum Gasteiger partial charge on any atom is 0.250 e. The van der Waals surface area contributed by atoms with Crippen molar-refractivity contribution in [1.82, 2.24) is 19.9 Å². The average molecular weight is 283 g/mol. The number of rotatable bonds is 5. The van der Waals surface area contributed by atoms with E-state index in [1.54, 1.807) is 0 Å². The van der Waals surface area contributed by atoms with Crippen molar-refractivity contribution in [2.45, 2.75) is 10.6 Å². The zero-order valence-corrected chi connectivity index (χ0v) is 10.8. The number of nitrogens with zero attached hydrogens (tertiary/aromatic N) is 3. The third-order valence-electron chi connectivity index (χ3n) is 2.08. The first-order valence-corrected chi connectivity index (χ1v) is 7.25. The Morgan fingerprint density at radius 3 is 2.94 bits per heavy atom. The van der Waals surface area contributed by atoms with Crippen molar-refractivity contribution < 1.29 is 8.42 Å². The number of thiophene rings is 1. The van der Waals surface area contributed by atoms with Crippen LogP contribution in [0, 0.1) is 11.3 Å². The molecule has 2 rings (SSSR count). The van der Waals surface area contributed by atoms with Gasteiger partial charge in [0.05, 0.1) is 0 Å². The zero-order valence-electron chi connectivity index (χ0n) is 9.12. The largest absolute Gasteiger partial charge is 0.263 e. The topological polar surface area (TPSA) is 112 Å². The maximum absolute atomic E-state index is 11.8. The summed E-state index contributed by atoms with van der Waals surface area (Å²) < 4.78 is 26.2. The summed E-state index contributed by atoms with van der Waals surface area (Å²) in [4.78, 5) is 4.25. The minimum atomic E-state index is -3.55. The fourth-order valence-electron chi connectivity index (χ4n) is 1.25. The summed E-state index contributed by atoms with van der Waals surface area (Å²) in [5.41, 5.74) is 0. The van der Waals surface area contributed by atoms with Crippen LogP contribution in [0.15, 0.2) is 22.7 Å². The van der Waals surface area contributed by atoms with Gasteiger partial charge in [0.2, 0.25) is 10.0 Å². The van der Waals surface area contributed by atoms with Crippen LogP contribution in [0.5, 0.6) is 0 Å². The maximum atomic E-state index is 11.8. The third-order valence-corrected chi connectivity index (χ3v) is 5.02. The second-order valence-corrected chi connectivity index (χ2v) is 6.39. The van der Waals surface area contributed by atoms with Crippen molar-refractivity contribution in [2.75, 3.05) is 6.54 Å². The van der Waals surface area contributed by atoms with Gasteiger partial charge in [0, 0.05) is 13.0 Å². The van der Waals surface area contributed by atoms with Crippen LogP contribution < -0.4 is 4.72 Å². The van der Waals surface area contributed by atoms with E-state index in [1.165, 1.54) is 18.5 Å². The van der Waals surface area contributed by atoms with E-state index in [4.69, 9.17) is 5.26 Å². The van der Waals surface area contributed by atoms with E-state index in [1.807, 2.05) is 6.07 Å². The lowest BCUT2D eigenvalue weighted by molar-refractivity contribution is 0.583. The first-order valence-electron chi connectivity index (χ1n) is 4.95. The number of H-pyrrole nitrogens is 1. The Kier molecular flexibility index (Phi) is 3.71. The monoisotopic (exact) mass is 283 g/mol. The molecule has 0 aliphatic carbocycles. The van der Waals surface area contributed by atoms with Gasteiger partial charge >= 0.3 is 0 Å². The number of sulfonamides is 1. The minimum Gasteiger partial charge on any atom is -0.263 e. The smallest absolute Gasteiger partial charge is 0.250 e. The van der Waals surface area contributed by atoms with E-state index < -0.39 is 10.0 Å². The molecule has 0 fully saturated rings. The lowest BCUT2D eigenvalue weighted by atomic mass is 10.4. The summed E-state index contributed by atoms with van der Waals surface area (Å²) in [7, 11) is -3.55. The molecule has 18 heavy (non-hydrogen) atoms. The molecular formula is C9H9N5O2S2. The van der Waals surface area contributed by atoms with Gasteiger partial charge in [-0.2, -0.15) is 10.4 Å². The molecule has 0 radical (unpaired) electrons.